The van der Waals surface area contributed by atoms with Crippen molar-refractivity contribution in [2.24, 2.45) is 0 Å². The zero-order valence-electron chi connectivity index (χ0n) is 23.7. The molecule has 0 fully saturated rings. The first-order chi connectivity index (χ1) is 17.2. The lowest BCUT2D eigenvalue weighted by atomic mass is 9.85. The average molecular weight is 496 g/mol. The number of allylic oxidation sites excluding steroid dienone is 6. The predicted octanol–water partition coefficient (Wildman–Crippen LogP) is 7.81. The van der Waals surface area contributed by atoms with Crippen molar-refractivity contribution in [2.75, 3.05) is 19.9 Å². The van der Waals surface area contributed by atoms with E-state index in [2.05, 4.69) is 70.7 Å². The number of hydrogen-bond acceptors (Lipinski definition) is 4. The Morgan fingerprint density at radius 1 is 1.03 bits per heavy atom. The summed E-state index contributed by atoms with van der Waals surface area (Å²) in [5.74, 6) is 2.09. The Bertz CT molecular complexity index is 970. The van der Waals surface area contributed by atoms with E-state index in [-0.39, 0.29) is 12.2 Å². The molecule has 2 aliphatic rings. The molecular formula is C32H49NO3. The molecule has 0 bridgehead atoms. The fraction of sp³-hybridized carbons (Fsp3) is 0.625. The van der Waals surface area contributed by atoms with Gasteiger partial charge in [-0.2, -0.15) is 0 Å². The molecule has 4 nitrogen and oxygen atoms in total. The normalized spacial score (nSPS) is 20.3. The summed E-state index contributed by atoms with van der Waals surface area (Å²) in [7, 11) is 0. The summed E-state index contributed by atoms with van der Waals surface area (Å²) in [6.45, 7) is 15.8. The molecule has 1 aromatic carbocycles. The first-order valence-corrected chi connectivity index (χ1v) is 14.0. The Balaban J connectivity index is 1.53. The minimum absolute atomic E-state index is 0.129. The van der Waals surface area contributed by atoms with Gasteiger partial charge in [-0.3, -0.25) is 4.90 Å². The van der Waals surface area contributed by atoms with Crippen LogP contribution in [-0.4, -0.2) is 35.5 Å². The third-order valence-corrected chi connectivity index (χ3v) is 7.60. The van der Waals surface area contributed by atoms with Crippen LogP contribution in [0.25, 0.3) is 0 Å². The molecule has 1 atom stereocenters. The smallest absolute Gasteiger partial charge is 0.142 e. The lowest BCUT2D eigenvalue weighted by molar-refractivity contribution is 0.0521. The van der Waals surface area contributed by atoms with Gasteiger partial charge in [0.15, 0.2) is 0 Å². The van der Waals surface area contributed by atoms with Crippen molar-refractivity contribution in [3.05, 3.63) is 57.7 Å². The number of rotatable bonds is 12. The third-order valence-electron chi connectivity index (χ3n) is 7.60. The predicted molar refractivity (Wildman–Crippen MR) is 151 cm³/mol. The second-order valence-electron chi connectivity index (χ2n) is 11.4. The first kappa shape index (κ1) is 28.5. The highest BCUT2D eigenvalue weighted by atomic mass is 16.5. The molecule has 1 aromatic rings. The van der Waals surface area contributed by atoms with E-state index in [9.17, 15) is 5.11 Å². The SMILES string of the molecule is CC(C)=CCCC(C)=CCCC(C)=CCC[C@]1(C)CCc2c3c(cc(C)c2O1)OCN(CCCO)C3. The molecule has 36 heavy (non-hydrogen) atoms. The first-order valence-electron chi connectivity index (χ1n) is 14.0. The van der Waals surface area contributed by atoms with E-state index in [1.54, 1.807) is 0 Å². The van der Waals surface area contributed by atoms with Gasteiger partial charge in [-0.05, 0) is 111 Å². The maximum atomic E-state index is 9.20. The second kappa shape index (κ2) is 13.5. The van der Waals surface area contributed by atoms with Crippen LogP contribution in [-0.2, 0) is 13.0 Å². The summed E-state index contributed by atoms with van der Waals surface area (Å²) in [4.78, 5) is 2.27. The Kier molecular flexibility index (Phi) is 10.7. The molecular weight excluding hydrogens is 446 g/mol. The summed E-state index contributed by atoms with van der Waals surface area (Å²) in [6, 6.07) is 2.16. The Morgan fingerprint density at radius 3 is 2.42 bits per heavy atom. The molecule has 200 valence electrons. The Labute approximate surface area is 220 Å². The molecule has 0 amide bonds. The van der Waals surface area contributed by atoms with Gasteiger partial charge in [-0.25, -0.2) is 0 Å². The van der Waals surface area contributed by atoms with E-state index in [0.717, 1.165) is 76.0 Å². The number of aliphatic hydroxyl groups is 1. The summed E-state index contributed by atoms with van der Waals surface area (Å²) in [5, 5.41) is 9.20. The van der Waals surface area contributed by atoms with E-state index < -0.39 is 0 Å². The summed E-state index contributed by atoms with van der Waals surface area (Å²) in [6.07, 6.45) is 16.7. The number of nitrogens with zero attached hydrogens (tertiary/aromatic N) is 1. The minimum atomic E-state index is -0.129. The van der Waals surface area contributed by atoms with Crippen molar-refractivity contribution in [3.8, 4) is 11.5 Å². The highest BCUT2D eigenvalue weighted by Crippen LogP contribution is 2.44. The topological polar surface area (TPSA) is 41.9 Å². The maximum absolute atomic E-state index is 9.20. The van der Waals surface area contributed by atoms with Gasteiger partial charge in [0.05, 0.1) is 0 Å². The zero-order valence-corrected chi connectivity index (χ0v) is 23.7. The number of aliphatic hydroxyl groups excluding tert-OH is 1. The van der Waals surface area contributed by atoms with Gasteiger partial charge in [0.1, 0.15) is 23.8 Å². The van der Waals surface area contributed by atoms with Crippen molar-refractivity contribution in [3.63, 3.8) is 0 Å². The number of aryl methyl sites for hydroxylation is 1. The molecule has 0 unspecified atom stereocenters. The van der Waals surface area contributed by atoms with Crippen molar-refractivity contribution in [2.45, 2.75) is 111 Å². The number of fused-ring (bicyclic) bond motifs is 3. The Morgan fingerprint density at radius 2 is 1.72 bits per heavy atom. The highest BCUT2D eigenvalue weighted by molar-refractivity contribution is 5.55. The summed E-state index contributed by atoms with van der Waals surface area (Å²) >= 11 is 0. The molecule has 0 aliphatic carbocycles. The van der Waals surface area contributed by atoms with Gasteiger partial charge >= 0.3 is 0 Å². The van der Waals surface area contributed by atoms with Crippen molar-refractivity contribution >= 4 is 0 Å². The quantitative estimate of drug-likeness (QED) is 0.300. The lowest BCUT2D eigenvalue weighted by Gasteiger charge is -2.39. The van der Waals surface area contributed by atoms with Gasteiger partial charge < -0.3 is 14.6 Å². The molecule has 2 aliphatic heterocycles. The fourth-order valence-corrected chi connectivity index (χ4v) is 5.28. The lowest BCUT2D eigenvalue weighted by Crippen LogP contribution is -2.38. The molecule has 2 heterocycles. The van der Waals surface area contributed by atoms with Crippen molar-refractivity contribution in [1.82, 2.24) is 4.90 Å². The van der Waals surface area contributed by atoms with Crippen molar-refractivity contribution in [1.29, 1.82) is 0 Å². The van der Waals surface area contributed by atoms with Crippen LogP contribution in [0.1, 0.15) is 103 Å². The van der Waals surface area contributed by atoms with Crippen LogP contribution in [0.2, 0.25) is 0 Å². The third kappa shape index (κ3) is 8.24. The monoisotopic (exact) mass is 495 g/mol. The van der Waals surface area contributed by atoms with Gasteiger partial charge in [0, 0.05) is 30.8 Å². The highest BCUT2D eigenvalue weighted by Gasteiger charge is 2.35. The van der Waals surface area contributed by atoms with E-state index in [1.807, 2.05) is 0 Å². The van der Waals surface area contributed by atoms with E-state index in [1.165, 1.54) is 39.8 Å². The molecule has 0 aromatic heterocycles. The molecule has 4 heteroatoms. The van der Waals surface area contributed by atoms with Crippen LogP contribution in [0.15, 0.2) is 41.0 Å². The van der Waals surface area contributed by atoms with Crippen LogP contribution < -0.4 is 9.47 Å². The summed E-state index contributed by atoms with van der Waals surface area (Å²) in [5.41, 5.74) is 8.05. The van der Waals surface area contributed by atoms with Crippen LogP contribution in [0, 0.1) is 6.92 Å². The Hall–Kier alpha value is -2.04. The minimum Gasteiger partial charge on any atom is -0.487 e. The maximum Gasteiger partial charge on any atom is 0.142 e. The van der Waals surface area contributed by atoms with Gasteiger partial charge in [0.25, 0.3) is 0 Å². The second-order valence-corrected chi connectivity index (χ2v) is 11.4. The van der Waals surface area contributed by atoms with E-state index in [0.29, 0.717) is 6.73 Å². The number of ether oxygens (including phenoxy) is 2. The van der Waals surface area contributed by atoms with Gasteiger partial charge in [0.2, 0.25) is 0 Å². The van der Waals surface area contributed by atoms with Crippen LogP contribution in [0.4, 0.5) is 0 Å². The molecule has 0 saturated carbocycles. The molecule has 3 rings (SSSR count). The molecule has 0 radical (unpaired) electrons. The molecule has 0 spiro atoms. The molecule has 1 N–H and O–H groups in total. The standard InChI is InChI=1S/C32H49NO3/c1-24(2)11-7-12-25(3)13-8-14-26(4)15-9-17-32(6)18-16-28-29-22-33(19-10-20-34)23-35-30(29)21-27(5)31(28)36-32/h11,13,15,21,34H,7-10,12,14,16-20,22-23H2,1-6H3/t32-/m1/s1. The fourth-order valence-electron chi connectivity index (χ4n) is 5.28. The van der Waals surface area contributed by atoms with Crippen LogP contribution in [0.3, 0.4) is 0 Å². The van der Waals surface area contributed by atoms with Crippen molar-refractivity contribution < 1.29 is 14.6 Å². The number of hydrogen-bond donors (Lipinski definition) is 1. The van der Waals surface area contributed by atoms with Gasteiger partial charge in [-0.1, -0.05) is 34.9 Å². The summed E-state index contributed by atoms with van der Waals surface area (Å²) < 4.78 is 12.8. The average Bonchev–Trinajstić information content (AvgIpc) is 2.83. The van der Waals surface area contributed by atoms with Gasteiger partial charge in [-0.15, -0.1) is 0 Å². The molecule has 0 saturated heterocycles. The number of benzene rings is 1. The van der Waals surface area contributed by atoms with E-state index in [4.69, 9.17) is 9.47 Å². The largest absolute Gasteiger partial charge is 0.487 e. The van der Waals surface area contributed by atoms with Crippen LogP contribution >= 0.6 is 0 Å². The zero-order chi connectivity index (χ0) is 26.1. The van der Waals surface area contributed by atoms with E-state index >= 15 is 0 Å². The van der Waals surface area contributed by atoms with Crippen LogP contribution in [0.5, 0.6) is 11.5 Å².